The molecule has 2 N–H and O–H groups in total. The zero-order valence-electron chi connectivity index (χ0n) is 8.40. The van der Waals surface area contributed by atoms with E-state index in [4.69, 9.17) is 5.11 Å². The van der Waals surface area contributed by atoms with E-state index < -0.39 is 6.10 Å². The molecule has 14 heavy (non-hydrogen) atoms. The summed E-state index contributed by atoms with van der Waals surface area (Å²) in [6.07, 6.45) is -0.168. The van der Waals surface area contributed by atoms with Crippen molar-refractivity contribution in [3.63, 3.8) is 0 Å². The molecule has 0 aliphatic rings. The van der Waals surface area contributed by atoms with E-state index in [0.717, 1.165) is 16.7 Å². The highest BCUT2D eigenvalue weighted by molar-refractivity contribution is 5.61. The standard InChI is InChI=1S/C12H16O2/c1-9(2)11-5-3-10(4-6-11)7-12(14)8-13/h3-6,12-14H,1,7-8H2,2H3. The summed E-state index contributed by atoms with van der Waals surface area (Å²) < 4.78 is 0. The van der Waals surface area contributed by atoms with E-state index in [2.05, 4.69) is 6.58 Å². The Morgan fingerprint density at radius 1 is 1.36 bits per heavy atom. The molecule has 0 amide bonds. The van der Waals surface area contributed by atoms with E-state index in [1.165, 1.54) is 0 Å². The van der Waals surface area contributed by atoms with Gasteiger partial charge in [0.25, 0.3) is 0 Å². The van der Waals surface area contributed by atoms with Crippen LogP contribution in [0.1, 0.15) is 18.1 Å². The Balaban J connectivity index is 2.68. The van der Waals surface area contributed by atoms with Crippen molar-refractivity contribution in [3.8, 4) is 0 Å². The fraction of sp³-hybridized carbons (Fsp3) is 0.333. The molecule has 1 unspecified atom stereocenters. The first-order valence-corrected chi connectivity index (χ1v) is 4.67. The first kappa shape index (κ1) is 11.0. The topological polar surface area (TPSA) is 40.5 Å². The summed E-state index contributed by atoms with van der Waals surface area (Å²) in [6.45, 7) is 5.61. The monoisotopic (exact) mass is 192 g/mol. The lowest BCUT2D eigenvalue weighted by Crippen LogP contribution is -2.14. The maximum atomic E-state index is 9.22. The lowest BCUT2D eigenvalue weighted by molar-refractivity contribution is 0.0955. The summed E-state index contributed by atoms with van der Waals surface area (Å²) >= 11 is 0. The Hall–Kier alpha value is -1.12. The van der Waals surface area contributed by atoms with Gasteiger partial charge in [0, 0.05) is 6.42 Å². The van der Waals surface area contributed by atoms with Crippen molar-refractivity contribution in [2.24, 2.45) is 0 Å². The van der Waals surface area contributed by atoms with E-state index in [1.54, 1.807) is 0 Å². The summed E-state index contributed by atoms with van der Waals surface area (Å²) in [5, 5.41) is 17.9. The highest BCUT2D eigenvalue weighted by atomic mass is 16.3. The minimum atomic E-state index is -0.661. The molecule has 0 aliphatic carbocycles. The van der Waals surface area contributed by atoms with Crippen LogP contribution in [0.3, 0.4) is 0 Å². The summed E-state index contributed by atoms with van der Waals surface area (Å²) in [5.74, 6) is 0. The first-order valence-electron chi connectivity index (χ1n) is 4.67. The molecule has 2 heteroatoms. The Kier molecular flexibility index (Phi) is 3.86. The van der Waals surface area contributed by atoms with Crippen molar-refractivity contribution in [2.75, 3.05) is 6.61 Å². The molecule has 0 radical (unpaired) electrons. The summed E-state index contributed by atoms with van der Waals surface area (Å²) in [5.41, 5.74) is 3.16. The maximum absolute atomic E-state index is 9.22. The van der Waals surface area contributed by atoms with Gasteiger partial charge in [0.05, 0.1) is 12.7 Å². The van der Waals surface area contributed by atoms with Crippen molar-refractivity contribution < 1.29 is 10.2 Å². The minimum Gasteiger partial charge on any atom is -0.394 e. The normalized spacial score (nSPS) is 12.5. The fourth-order valence-corrected chi connectivity index (χ4v) is 1.26. The molecular weight excluding hydrogens is 176 g/mol. The Morgan fingerprint density at radius 3 is 2.36 bits per heavy atom. The zero-order chi connectivity index (χ0) is 10.6. The smallest absolute Gasteiger partial charge is 0.0811 e. The molecule has 0 saturated carbocycles. The van der Waals surface area contributed by atoms with Crippen molar-refractivity contribution >= 4 is 5.57 Å². The lowest BCUT2D eigenvalue weighted by atomic mass is 10.0. The molecule has 0 fully saturated rings. The van der Waals surface area contributed by atoms with Crippen LogP contribution in [0.5, 0.6) is 0 Å². The van der Waals surface area contributed by atoms with Crippen molar-refractivity contribution in [3.05, 3.63) is 42.0 Å². The van der Waals surface area contributed by atoms with Gasteiger partial charge in [-0.05, 0) is 18.1 Å². The van der Waals surface area contributed by atoms with Crippen LogP contribution in [-0.2, 0) is 6.42 Å². The Bertz CT molecular complexity index is 301. The van der Waals surface area contributed by atoms with Crippen LogP contribution in [0.25, 0.3) is 5.57 Å². The number of benzene rings is 1. The van der Waals surface area contributed by atoms with Crippen LogP contribution < -0.4 is 0 Å². The molecule has 76 valence electrons. The van der Waals surface area contributed by atoms with Gasteiger partial charge in [0.15, 0.2) is 0 Å². The number of rotatable bonds is 4. The van der Waals surface area contributed by atoms with Gasteiger partial charge in [-0.25, -0.2) is 0 Å². The third kappa shape index (κ3) is 2.98. The molecule has 0 spiro atoms. The number of allylic oxidation sites excluding steroid dienone is 1. The van der Waals surface area contributed by atoms with E-state index in [-0.39, 0.29) is 6.61 Å². The van der Waals surface area contributed by atoms with Gasteiger partial charge in [0.2, 0.25) is 0 Å². The Morgan fingerprint density at radius 2 is 1.93 bits per heavy atom. The average Bonchev–Trinajstić information content (AvgIpc) is 2.18. The van der Waals surface area contributed by atoms with Crippen LogP contribution in [0, 0.1) is 0 Å². The van der Waals surface area contributed by atoms with E-state index in [9.17, 15) is 5.11 Å². The van der Waals surface area contributed by atoms with Crippen LogP contribution in [0.4, 0.5) is 0 Å². The number of aliphatic hydroxyl groups excluding tert-OH is 2. The number of aliphatic hydroxyl groups is 2. The van der Waals surface area contributed by atoms with Gasteiger partial charge in [-0.1, -0.05) is 36.4 Å². The van der Waals surface area contributed by atoms with Gasteiger partial charge in [0.1, 0.15) is 0 Å². The molecule has 0 aromatic heterocycles. The summed E-state index contributed by atoms with van der Waals surface area (Å²) in [7, 11) is 0. The fourth-order valence-electron chi connectivity index (χ4n) is 1.26. The lowest BCUT2D eigenvalue weighted by Gasteiger charge is -2.07. The second-order valence-corrected chi connectivity index (χ2v) is 3.52. The van der Waals surface area contributed by atoms with Crippen molar-refractivity contribution in [2.45, 2.75) is 19.4 Å². The minimum absolute atomic E-state index is 0.192. The van der Waals surface area contributed by atoms with Gasteiger partial charge in [-0.3, -0.25) is 0 Å². The molecule has 2 nitrogen and oxygen atoms in total. The van der Waals surface area contributed by atoms with Crippen molar-refractivity contribution in [1.29, 1.82) is 0 Å². The van der Waals surface area contributed by atoms with E-state index in [0.29, 0.717) is 6.42 Å². The van der Waals surface area contributed by atoms with E-state index >= 15 is 0 Å². The molecule has 0 saturated heterocycles. The van der Waals surface area contributed by atoms with Gasteiger partial charge in [-0.15, -0.1) is 0 Å². The van der Waals surface area contributed by atoms with Crippen LogP contribution in [0.2, 0.25) is 0 Å². The quantitative estimate of drug-likeness (QED) is 0.761. The molecule has 1 aromatic rings. The first-order chi connectivity index (χ1) is 6.63. The van der Waals surface area contributed by atoms with Gasteiger partial charge < -0.3 is 10.2 Å². The van der Waals surface area contributed by atoms with Gasteiger partial charge in [-0.2, -0.15) is 0 Å². The predicted molar refractivity (Wildman–Crippen MR) is 57.9 cm³/mol. The molecule has 0 heterocycles. The molecule has 0 bridgehead atoms. The van der Waals surface area contributed by atoms with Gasteiger partial charge >= 0.3 is 0 Å². The largest absolute Gasteiger partial charge is 0.394 e. The number of hydrogen-bond acceptors (Lipinski definition) is 2. The second-order valence-electron chi connectivity index (χ2n) is 3.52. The molecular formula is C12H16O2. The van der Waals surface area contributed by atoms with Crippen LogP contribution in [-0.4, -0.2) is 22.9 Å². The molecule has 1 rings (SSSR count). The molecule has 1 aromatic carbocycles. The summed E-state index contributed by atoms with van der Waals surface area (Å²) in [4.78, 5) is 0. The van der Waals surface area contributed by atoms with E-state index in [1.807, 2.05) is 31.2 Å². The molecule has 1 atom stereocenters. The third-order valence-electron chi connectivity index (χ3n) is 2.13. The third-order valence-corrected chi connectivity index (χ3v) is 2.13. The Labute approximate surface area is 84.5 Å². The second kappa shape index (κ2) is 4.94. The highest BCUT2D eigenvalue weighted by Gasteiger charge is 2.03. The van der Waals surface area contributed by atoms with Crippen molar-refractivity contribution in [1.82, 2.24) is 0 Å². The SMILES string of the molecule is C=C(C)c1ccc(CC(O)CO)cc1. The highest BCUT2D eigenvalue weighted by Crippen LogP contribution is 2.13. The predicted octanol–water partition coefficient (Wildman–Crippen LogP) is 1.62. The maximum Gasteiger partial charge on any atom is 0.0811 e. The average molecular weight is 192 g/mol. The van der Waals surface area contributed by atoms with Crippen LogP contribution >= 0.6 is 0 Å². The van der Waals surface area contributed by atoms with Crippen LogP contribution in [0.15, 0.2) is 30.8 Å². The summed E-state index contributed by atoms with van der Waals surface area (Å²) in [6, 6.07) is 7.84. The zero-order valence-corrected chi connectivity index (χ0v) is 8.40. The number of hydrogen-bond donors (Lipinski definition) is 2. The molecule has 0 aliphatic heterocycles.